The number of nitrogens with zero attached hydrogens (tertiary/aromatic N) is 1. The van der Waals surface area contributed by atoms with Gasteiger partial charge in [-0.15, -0.1) is 11.3 Å². The SMILES string of the molecule is CCc1cnc(CNC(=O)CCBr)s1. The van der Waals surface area contributed by atoms with E-state index in [0.29, 0.717) is 18.3 Å². The second kappa shape index (κ2) is 6.14. The van der Waals surface area contributed by atoms with Crippen molar-refractivity contribution < 1.29 is 4.79 Å². The third-order valence-corrected chi connectivity index (χ3v) is 3.25. The monoisotopic (exact) mass is 276 g/mol. The Balaban J connectivity index is 2.34. The van der Waals surface area contributed by atoms with Gasteiger partial charge in [-0.25, -0.2) is 4.98 Å². The maximum absolute atomic E-state index is 11.1. The number of hydrogen-bond acceptors (Lipinski definition) is 3. The zero-order chi connectivity index (χ0) is 10.4. The van der Waals surface area contributed by atoms with E-state index in [1.807, 2.05) is 6.20 Å². The summed E-state index contributed by atoms with van der Waals surface area (Å²) < 4.78 is 0. The molecule has 0 bridgehead atoms. The van der Waals surface area contributed by atoms with Gasteiger partial charge in [-0.05, 0) is 6.42 Å². The molecule has 0 fully saturated rings. The lowest BCUT2D eigenvalue weighted by Gasteiger charge is -1.99. The lowest BCUT2D eigenvalue weighted by Crippen LogP contribution is -2.22. The Morgan fingerprint density at radius 3 is 3.07 bits per heavy atom. The molecule has 1 N–H and O–H groups in total. The Bertz CT molecular complexity index is 301. The van der Waals surface area contributed by atoms with Gasteiger partial charge in [-0.2, -0.15) is 0 Å². The molecule has 14 heavy (non-hydrogen) atoms. The first-order chi connectivity index (χ1) is 6.76. The summed E-state index contributed by atoms with van der Waals surface area (Å²) in [6.07, 6.45) is 3.40. The van der Waals surface area contributed by atoms with Crippen LogP contribution < -0.4 is 5.32 Å². The van der Waals surface area contributed by atoms with Crippen LogP contribution in [-0.4, -0.2) is 16.2 Å². The molecule has 1 amide bonds. The quantitative estimate of drug-likeness (QED) is 0.837. The van der Waals surface area contributed by atoms with Gasteiger partial charge in [0.25, 0.3) is 0 Å². The summed E-state index contributed by atoms with van der Waals surface area (Å²) in [6, 6.07) is 0. The molecule has 0 saturated heterocycles. The number of alkyl halides is 1. The molecule has 0 atom stereocenters. The van der Waals surface area contributed by atoms with E-state index in [9.17, 15) is 4.79 Å². The van der Waals surface area contributed by atoms with Crippen LogP contribution in [-0.2, 0) is 17.8 Å². The van der Waals surface area contributed by atoms with E-state index < -0.39 is 0 Å². The molecule has 78 valence electrons. The van der Waals surface area contributed by atoms with Crippen molar-refractivity contribution in [1.82, 2.24) is 10.3 Å². The van der Waals surface area contributed by atoms with Crippen LogP contribution >= 0.6 is 27.3 Å². The van der Waals surface area contributed by atoms with Crippen molar-refractivity contribution in [3.8, 4) is 0 Å². The highest BCUT2D eigenvalue weighted by atomic mass is 79.9. The van der Waals surface area contributed by atoms with E-state index >= 15 is 0 Å². The predicted molar refractivity (Wildman–Crippen MR) is 61.7 cm³/mol. The van der Waals surface area contributed by atoms with Crippen LogP contribution in [0.4, 0.5) is 0 Å². The van der Waals surface area contributed by atoms with Crippen molar-refractivity contribution in [1.29, 1.82) is 0 Å². The zero-order valence-electron chi connectivity index (χ0n) is 8.05. The maximum Gasteiger partial charge on any atom is 0.221 e. The number of nitrogens with one attached hydrogen (secondary N) is 1. The Labute approximate surface area is 96.1 Å². The van der Waals surface area contributed by atoms with E-state index in [1.54, 1.807) is 11.3 Å². The molecule has 0 aromatic carbocycles. The lowest BCUT2D eigenvalue weighted by molar-refractivity contribution is -0.120. The van der Waals surface area contributed by atoms with E-state index in [1.165, 1.54) is 4.88 Å². The molecule has 5 heteroatoms. The zero-order valence-corrected chi connectivity index (χ0v) is 10.4. The summed E-state index contributed by atoms with van der Waals surface area (Å²) in [5.74, 6) is 0.0649. The highest BCUT2D eigenvalue weighted by Gasteiger charge is 2.03. The molecule has 0 aliphatic heterocycles. The van der Waals surface area contributed by atoms with Crippen LogP contribution in [0.15, 0.2) is 6.20 Å². The molecule has 1 heterocycles. The minimum Gasteiger partial charge on any atom is -0.350 e. The smallest absolute Gasteiger partial charge is 0.221 e. The first-order valence-electron chi connectivity index (χ1n) is 4.52. The molecule has 3 nitrogen and oxygen atoms in total. The molecule has 0 aliphatic rings. The number of carbonyl (C=O) groups excluding carboxylic acids is 1. The summed E-state index contributed by atoms with van der Waals surface area (Å²) in [6.45, 7) is 2.65. The lowest BCUT2D eigenvalue weighted by atomic mass is 10.4. The Kier molecular flexibility index (Phi) is 5.11. The molecule has 1 aromatic heterocycles. The first-order valence-corrected chi connectivity index (χ1v) is 6.46. The first kappa shape index (κ1) is 11.7. The van der Waals surface area contributed by atoms with Gasteiger partial charge in [0.15, 0.2) is 0 Å². The van der Waals surface area contributed by atoms with Gasteiger partial charge in [0.1, 0.15) is 5.01 Å². The maximum atomic E-state index is 11.1. The number of amides is 1. The molecular weight excluding hydrogens is 264 g/mol. The normalized spacial score (nSPS) is 10.1. The molecule has 0 saturated carbocycles. The fourth-order valence-corrected chi connectivity index (χ4v) is 2.10. The standard InChI is InChI=1S/C9H13BrN2OS/c1-2-7-5-12-9(14-7)6-11-8(13)3-4-10/h5H,2-4,6H2,1H3,(H,11,13). The summed E-state index contributed by atoms with van der Waals surface area (Å²) in [5, 5.41) is 4.50. The van der Waals surface area contributed by atoms with Crippen LogP contribution in [0.1, 0.15) is 23.2 Å². The molecule has 1 rings (SSSR count). The average Bonchev–Trinajstić information content (AvgIpc) is 2.63. The summed E-state index contributed by atoms with van der Waals surface area (Å²) in [7, 11) is 0. The molecule has 0 unspecified atom stereocenters. The number of aryl methyl sites for hydroxylation is 1. The van der Waals surface area contributed by atoms with Crippen LogP contribution in [0.25, 0.3) is 0 Å². The Hall–Kier alpha value is -0.420. The Morgan fingerprint density at radius 1 is 1.71 bits per heavy atom. The van der Waals surface area contributed by atoms with Crippen LogP contribution in [0.2, 0.25) is 0 Å². The van der Waals surface area contributed by atoms with Gasteiger partial charge in [0.05, 0.1) is 6.54 Å². The Morgan fingerprint density at radius 2 is 2.50 bits per heavy atom. The van der Waals surface area contributed by atoms with Gasteiger partial charge in [0, 0.05) is 22.8 Å². The van der Waals surface area contributed by atoms with Crippen molar-refractivity contribution in [2.24, 2.45) is 0 Å². The van der Waals surface area contributed by atoms with Gasteiger partial charge in [-0.3, -0.25) is 4.79 Å². The minimum atomic E-state index is 0.0649. The summed E-state index contributed by atoms with van der Waals surface area (Å²) >= 11 is 4.87. The topological polar surface area (TPSA) is 42.0 Å². The van der Waals surface area contributed by atoms with E-state index in [-0.39, 0.29) is 5.91 Å². The third-order valence-electron chi connectivity index (χ3n) is 1.71. The van der Waals surface area contributed by atoms with Gasteiger partial charge in [-0.1, -0.05) is 22.9 Å². The number of carbonyl (C=O) groups is 1. The van der Waals surface area contributed by atoms with E-state index in [2.05, 4.69) is 33.2 Å². The summed E-state index contributed by atoms with van der Waals surface area (Å²) in [4.78, 5) is 16.6. The van der Waals surface area contributed by atoms with Gasteiger partial charge in [0.2, 0.25) is 5.91 Å². The highest BCUT2D eigenvalue weighted by molar-refractivity contribution is 9.09. The van der Waals surface area contributed by atoms with Crippen LogP contribution in [0.5, 0.6) is 0 Å². The van der Waals surface area contributed by atoms with Crippen molar-refractivity contribution in [2.75, 3.05) is 5.33 Å². The molecule has 0 radical (unpaired) electrons. The molecular formula is C9H13BrN2OS. The fourth-order valence-electron chi connectivity index (χ4n) is 0.942. The van der Waals surface area contributed by atoms with Gasteiger partial charge >= 0.3 is 0 Å². The van der Waals surface area contributed by atoms with Crippen molar-refractivity contribution >= 4 is 33.2 Å². The molecule has 0 aliphatic carbocycles. The highest BCUT2D eigenvalue weighted by Crippen LogP contribution is 2.12. The van der Waals surface area contributed by atoms with Crippen molar-refractivity contribution in [2.45, 2.75) is 26.3 Å². The number of thiazole rings is 1. The van der Waals surface area contributed by atoms with E-state index in [0.717, 1.165) is 11.4 Å². The minimum absolute atomic E-state index is 0.0649. The summed E-state index contributed by atoms with van der Waals surface area (Å²) in [5.41, 5.74) is 0. The number of halogens is 1. The predicted octanol–water partition coefficient (Wildman–Crippen LogP) is 2.11. The van der Waals surface area contributed by atoms with Crippen molar-refractivity contribution in [3.63, 3.8) is 0 Å². The number of hydrogen-bond donors (Lipinski definition) is 1. The van der Waals surface area contributed by atoms with Crippen LogP contribution in [0.3, 0.4) is 0 Å². The fraction of sp³-hybridized carbons (Fsp3) is 0.556. The van der Waals surface area contributed by atoms with Crippen molar-refractivity contribution in [3.05, 3.63) is 16.1 Å². The molecule has 0 spiro atoms. The molecule has 1 aromatic rings. The number of aromatic nitrogens is 1. The third kappa shape index (κ3) is 3.75. The van der Waals surface area contributed by atoms with Gasteiger partial charge < -0.3 is 5.32 Å². The second-order valence-corrected chi connectivity index (χ2v) is 4.78. The number of rotatable bonds is 5. The van der Waals surface area contributed by atoms with Crippen LogP contribution in [0, 0.1) is 0 Å². The average molecular weight is 277 g/mol. The largest absolute Gasteiger partial charge is 0.350 e. The van der Waals surface area contributed by atoms with E-state index in [4.69, 9.17) is 0 Å². The second-order valence-electron chi connectivity index (χ2n) is 2.79.